The lowest BCUT2D eigenvalue weighted by Gasteiger charge is -2.13. The van der Waals surface area contributed by atoms with E-state index in [0.29, 0.717) is 27.8 Å². The van der Waals surface area contributed by atoms with Gasteiger partial charge < -0.3 is 14.2 Å². The Labute approximate surface area is 168 Å². The number of ether oxygens (including phenoxy) is 3. The van der Waals surface area contributed by atoms with Crippen LogP contribution in [0.25, 0.3) is 10.6 Å². The molecule has 1 heterocycles. The van der Waals surface area contributed by atoms with E-state index in [0.717, 1.165) is 12.1 Å². The number of methoxy groups -OCH3 is 3. The van der Waals surface area contributed by atoms with Crippen molar-refractivity contribution in [3.05, 3.63) is 58.6 Å². The van der Waals surface area contributed by atoms with Gasteiger partial charge in [-0.2, -0.15) is 13.2 Å². The van der Waals surface area contributed by atoms with Crippen LogP contribution in [-0.4, -0.2) is 32.1 Å². The van der Waals surface area contributed by atoms with E-state index in [1.54, 1.807) is 5.38 Å². The molecule has 29 heavy (non-hydrogen) atoms. The van der Waals surface area contributed by atoms with Gasteiger partial charge in [-0.15, -0.1) is 11.3 Å². The smallest absolute Gasteiger partial charge is 0.416 e. The van der Waals surface area contributed by atoms with Crippen molar-refractivity contribution in [2.24, 2.45) is 0 Å². The highest BCUT2D eigenvalue weighted by atomic mass is 32.1. The van der Waals surface area contributed by atoms with Crippen LogP contribution in [-0.2, 0) is 6.18 Å². The Morgan fingerprint density at radius 2 is 1.55 bits per heavy atom. The van der Waals surface area contributed by atoms with Crippen LogP contribution in [0.5, 0.6) is 17.2 Å². The molecule has 2 aromatic carbocycles. The molecule has 152 valence electrons. The molecule has 1 aromatic heterocycles. The molecule has 0 saturated carbocycles. The van der Waals surface area contributed by atoms with E-state index >= 15 is 0 Å². The van der Waals surface area contributed by atoms with Gasteiger partial charge >= 0.3 is 6.18 Å². The number of nitrogens with zero attached hydrogens (tertiary/aromatic N) is 1. The van der Waals surface area contributed by atoms with Crippen molar-refractivity contribution >= 4 is 17.1 Å². The molecule has 3 rings (SSSR count). The Kier molecular flexibility index (Phi) is 5.78. The predicted octanol–water partition coefficient (Wildman–Crippen LogP) is 5.09. The van der Waals surface area contributed by atoms with Crippen LogP contribution in [0.15, 0.2) is 41.8 Å². The summed E-state index contributed by atoms with van der Waals surface area (Å²) in [4.78, 5) is 17.1. The standard InChI is InChI=1S/C20H16F3NO4S/c1-26-15-8-12(9-16(27-2)18(15)28-3)17(25)14-10-29-19(24-14)11-4-6-13(7-5-11)20(21,22)23/h4-10H,1-3H3. The molecule has 0 aliphatic rings. The Bertz CT molecular complexity index is 1000. The molecule has 9 heteroatoms. The Balaban J connectivity index is 1.92. The van der Waals surface area contributed by atoms with Gasteiger partial charge in [0.2, 0.25) is 11.5 Å². The molecule has 0 fully saturated rings. The van der Waals surface area contributed by atoms with Crippen LogP contribution in [0.2, 0.25) is 0 Å². The summed E-state index contributed by atoms with van der Waals surface area (Å²) in [6.07, 6.45) is -4.41. The Hall–Kier alpha value is -3.07. The molecule has 3 aromatic rings. The second kappa shape index (κ2) is 8.12. The van der Waals surface area contributed by atoms with E-state index in [2.05, 4.69) is 4.98 Å². The molecule has 0 saturated heterocycles. The minimum absolute atomic E-state index is 0.166. The van der Waals surface area contributed by atoms with Crippen molar-refractivity contribution in [3.8, 4) is 27.8 Å². The van der Waals surface area contributed by atoms with Crippen LogP contribution in [0, 0.1) is 0 Å². The van der Waals surface area contributed by atoms with E-state index in [-0.39, 0.29) is 17.0 Å². The maximum absolute atomic E-state index is 12.9. The van der Waals surface area contributed by atoms with Gasteiger partial charge in [0.25, 0.3) is 0 Å². The third-order valence-electron chi connectivity index (χ3n) is 4.12. The zero-order valence-electron chi connectivity index (χ0n) is 15.7. The summed E-state index contributed by atoms with van der Waals surface area (Å²) in [5.41, 5.74) is 0.196. The number of hydrogen-bond donors (Lipinski definition) is 0. The van der Waals surface area contributed by atoms with Gasteiger partial charge in [-0.3, -0.25) is 4.79 Å². The topological polar surface area (TPSA) is 57.7 Å². The molecule has 0 aliphatic heterocycles. The van der Waals surface area contributed by atoms with Crippen LogP contribution in [0.4, 0.5) is 13.2 Å². The third kappa shape index (κ3) is 4.19. The average Bonchev–Trinajstić information content (AvgIpc) is 3.21. The summed E-state index contributed by atoms with van der Waals surface area (Å²) < 4.78 is 53.9. The zero-order chi connectivity index (χ0) is 21.2. The molecule has 0 amide bonds. The molecular weight excluding hydrogens is 407 g/mol. The quantitative estimate of drug-likeness (QED) is 0.517. The monoisotopic (exact) mass is 423 g/mol. The van der Waals surface area contributed by atoms with Crippen LogP contribution in [0.1, 0.15) is 21.6 Å². The summed E-state index contributed by atoms with van der Waals surface area (Å²) in [5.74, 6) is 0.635. The highest BCUT2D eigenvalue weighted by molar-refractivity contribution is 7.13. The van der Waals surface area contributed by atoms with E-state index in [1.807, 2.05) is 0 Å². The Morgan fingerprint density at radius 3 is 2.03 bits per heavy atom. The molecule has 0 N–H and O–H groups in total. The van der Waals surface area contributed by atoms with Crippen molar-refractivity contribution in [2.75, 3.05) is 21.3 Å². The summed E-state index contributed by atoms with van der Waals surface area (Å²) in [5, 5.41) is 1.99. The molecule has 0 aliphatic carbocycles. The van der Waals surface area contributed by atoms with Gasteiger partial charge in [-0.05, 0) is 24.3 Å². The lowest BCUT2D eigenvalue weighted by molar-refractivity contribution is -0.137. The fourth-order valence-corrected chi connectivity index (χ4v) is 3.48. The number of rotatable bonds is 6. The predicted molar refractivity (Wildman–Crippen MR) is 102 cm³/mol. The first-order valence-electron chi connectivity index (χ1n) is 8.26. The second-order valence-corrected chi connectivity index (χ2v) is 6.71. The van der Waals surface area contributed by atoms with E-state index in [4.69, 9.17) is 14.2 Å². The average molecular weight is 423 g/mol. The first-order chi connectivity index (χ1) is 13.8. The molecular formula is C20H16F3NO4S. The number of aromatic nitrogens is 1. The SMILES string of the molecule is COc1cc(C(=O)c2csc(-c3ccc(C(F)(F)F)cc3)n2)cc(OC)c1OC. The van der Waals surface area contributed by atoms with Gasteiger partial charge in [0.1, 0.15) is 10.7 Å². The lowest BCUT2D eigenvalue weighted by atomic mass is 10.1. The van der Waals surface area contributed by atoms with E-state index in [9.17, 15) is 18.0 Å². The number of benzene rings is 2. The fourth-order valence-electron chi connectivity index (χ4n) is 2.67. The number of alkyl halides is 3. The normalized spacial score (nSPS) is 11.2. The van der Waals surface area contributed by atoms with Gasteiger partial charge in [-0.25, -0.2) is 4.98 Å². The van der Waals surface area contributed by atoms with Crippen LogP contribution < -0.4 is 14.2 Å². The van der Waals surface area contributed by atoms with Crippen molar-refractivity contribution in [1.29, 1.82) is 0 Å². The highest BCUT2D eigenvalue weighted by Gasteiger charge is 2.30. The van der Waals surface area contributed by atoms with Gasteiger partial charge in [-0.1, -0.05) is 12.1 Å². The number of carbonyl (C=O) groups is 1. The van der Waals surface area contributed by atoms with Crippen molar-refractivity contribution in [3.63, 3.8) is 0 Å². The zero-order valence-corrected chi connectivity index (χ0v) is 16.5. The lowest BCUT2D eigenvalue weighted by Crippen LogP contribution is -2.05. The number of halogens is 3. The fraction of sp³-hybridized carbons (Fsp3) is 0.200. The molecule has 0 spiro atoms. The first kappa shape index (κ1) is 20.7. The molecule has 0 bridgehead atoms. The van der Waals surface area contributed by atoms with E-state index in [1.165, 1.54) is 56.9 Å². The number of ketones is 1. The molecule has 0 radical (unpaired) electrons. The second-order valence-electron chi connectivity index (χ2n) is 5.86. The van der Waals surface area contributed by atoms with E-state index < -0.39 is 11.7 Å². The summed E-state index contributed by atoms with van der Waals surface area (Å²) in [7, 11) is 4.34. The van der Waals surface area contributed by atoms with Crippen LogP contribution in [0.3, 0.4) is 0 Å². The number of thiazole rings is 1. The van der Waals surface area contributed by atoms with Gasteiger partial charge in [0.15, 0.2) is 11.5 Å². The first-order valence-corrected chi connectivity index (χ1v) is 9.14. The summed E-state index contributed by atoms with van der Waals surface area (Å²) >= 11 is 1.17. The summed E-state index contributed by atoms with van der Waals surface area (Å²) in [6, 6.07) is 7.65. The third-order valence-corrected chi connectivity index (χ3v) is 5.01. The van der Waals surface area contributed by atoms with Crippen molar-refractivity contribution in [2.45, 2.75) is 6.18 Å². The van der Waals surface area contributed by atoms with Crippen LogP contribution >= 0.6 is 11.3 Å². The Morgan fingerprint density at radius 1 is 0.966 bits per heavy atom. The minimum Gasteiger partial charge on any atom is -0.493 e. The molecule has 5 nitrogen and oxygen atoms in total. The molecule has 0 atom stereocenters. The number of hydrogen-bond acceptors (Lipinski definition) is 6. The largest absolute Gasteiger partial charge is 0.493 e. The van der Waals surface area contributed by atoms with Crippen molar-refractivity contribution in [1.82, 2.24) is 4.98 Å². The maximum Gasteiger partial charge on any atom is 0.416 e. The van der Waals surface area contributed by atoms with Crippen molar-refractivity contribution < 1.29 is 32.2 Å². The number of carbonyl (C=O) groups excluding carboxylic acids is 1. The summed E-state index contributed by atoms with van der Waals surface area (Å²) in [6.45, 7) is 0. The van der Waals surface area contributed by atoms with Gasteiger partial charge in [0.05, 0.1) is 26.9 Å². The minimum atomic E-state index is -4.41. The maximum atomic E-state index is 12.9. The van der Waals surface area contributed by atoms with Gasteiger partial charge in [0, 0.05) is 16.5 Å². The molecule has 0 unspecified atom stereocenters. The highest BCUT2D eigenvalue weighted by Crippen LogP contribution is 2.39.